The van der Waals surface area contributed by atoms with E-state index in [0.29, 0.717) is 11.3 Å². The van der Waals surface area contributed by atoms with Gasteiger partial charge in [0, 0.05) is 5.69 Å². The Balaban J connectivity index is 2.21. The molecule has 6 heteroatoms. The molecule has 0 saturated heterocycles. The van der Waals surface area contributed by atoms with Crippen LogP contribution in [0.4, 0.5) is 18.9 Å². The van der Waals surface area contributed by atoms with Crippen LogP contribution in [0.3, 0.4) is 0 Å². The average Bonchev–Trinajstić information content (AvgIpc) is 2.44. The summed E-state index contributed by atoms with van der Waals surface area (Å²) >= 11 is 0. The third kappa shape index (κ3) is 4.44. The van der Waals surface area contributed by atoms with Crippen molar-refractivity contribution in [2.75, 3.05) is 4.90 Å². The minimum atomic E-state index is -4.74. The van der Waals surface area contributed by atoms with Gasteiger partial charge in [-0.25, -0.2) is 0 Å². The molecule has 116 valence electrons. The van der Waals surface area contributed by atoms with Gasteiger partial charge in [0.25, 0.3) is 0 Å². The molecule has 0 aliphatic heterocycles. The molecule has 0 amide bonds. The molecule has 0 bridgehead atoms. The van der Waals surface area contributed by atoms with Crippen LogP contribution in [0.25, 0.3) is 0 Å². The molecule has 0 spiro atoms. The predicted molar refractivity (Wildman–Crippen MR) is 77.5 cm³/mol. The summed E-state index contributed by atoms with van der Waals surface area (Å²) in [4.78, 5) is 1.48. The van der Waals surface area contributed by atoms with Crippen LogP contribution in [0.5, 0.6) is 5.75 Å². The molecule has 0 aromatic heterocycles. The largest absolute Gasteiger partial charge is 0.573 e. The molecule has 0 fully saturated rings. The van der Waals surface area contributed by atoms with Gasteiger partial charge in [-0.2, -0.15) is 0 Å². The third-order valence-electron chi connectivity index (χ3n) is 2.85. The number of halogens is 3. The summed E-state index contributed by atoms with van der Waals surface area (Å²) in [5, 5.41) is 9.70. The number of aliphatic hydroxyl groups excluding tert-OH is 1. The summed E-state index contributed by atoms with van der Waals surface area (Å²) in [6.45, 7) is 3.64. The summed E-state index contributed by atoms with van der Waals surface area (Å²) in [5.74, 6) is -0.505. The zero-order valence-corrected chi connectivity index (χ0v) is 11.5. The van der Waals surface area contributed by atoms with Crippen molar-refractivity contribution in [2.45, 2.75) is 12.9 Å². The number of ether oxygens (including phenoxy) is 1. The Hall–Kier alpha value is -2.63. The lowest BCUT2D eigenvalue weighted by molar-refractivity contribution is -0.274. The maximum atomic E-state index is 12.2. The highest BCUT2D eigenvalue weighted by molar-refractivity contribution is 5.50. The molecule has 2 rings (SSSR count). The number of aliphatic hydroxyl groups is 1. The highest BCUT2D eigenvalue weighted by atomic mass is 19.4. The molecular weight excluding hydrogens is 295 g/mol. The van der Waals surface area contributed by atoms with E-state index in [1.165, 1.54) is 23.1 Å². The van der Waals surface area contributed by atoms with Crippen molar-refractivity contribution < 1.29 is 23.0 Å². The first-order valence-corrected chi connectivity index (χ1v) is 6.40. The van der Waals surface area contributed by atoms with E-state index in [0.717, 1.165) is 0 Å². The van der Waals surface area contributed by atoms with Gasteiger partial charge in [0.2, 0.25) is 0 Å². The van der Waals surface area contributed by atoms with Crippen LogP contribution in [0.1, 0.15) is 5.56 Å². The monoisotopic (exact) mass is 309 g/mol. The first-order chi connectivity index (χ1) is 10.3. The van der Waals surface area contributed by atoms with E-state index in [2.05, 4.69) is 11.3 Å². The second kappa shape index (κ2) is 6.43. The van der Waals surface area contributed by atoms with Gasteiger partial charge in [-0.1, -0.05) is 30.3 Å². The smallest absolute Gasteiger partial charge is 0.495 e. The van der Waals surface area contributed by atoms with E-state index in [4.69, 9.17) is 0 Å². The second-order valence-corrected chi connectivity index (χ2v) is 4.53. The normalized spacial score (nSPS) is 11.0. The number of hydrogen-bond acceptors (Lipinski definition) is 3. The number of nitrogens with zero attached hydrogens (tertiary/aromatic N) is 1. The Morgan fingerprint density at radius 1 is 1.09 bits per heavy atom. The Morgan fingerprint density at radius 3 is 2.36 bits per heavy atom. The summed E-state index contributed by atoms with van der Waals surface area (Å²) < 4.78 is 40.6. The van der Waals surface area contributed by atoms with Gasteiger partial charge in [-0.15, -0.1) is 13.2 Å². The van der Waals surface area contributed by atoms with Crippen LogP contribution in [-0.4, -0.2) is 11.5 Å². The zero-order chi connectivity index (χ0) is 16.2. The SMILES string of the molecule is C=C(O)N(Cc1cccc(OC(F)(F)F)c1)c1ccccc1. The maximum absolute atomic E-state index is 12.2. The van der Waals surface area contributed by atoms with E-state index in [1.54, 1.807) is 30.3 Å². The van der Waals surface area contributed by atoms with Crippen LogP contribution < -0.4 is 9.64 Å². The Labute approximate surface area is 125 Å². The third-order valence-corrected chi connectivity index (χ3v) is 2.85. The molecule has 0 radical (unpaired) electrons. The van der Waals surface area contributed by atoms with Gasteiger partial charge < -0.3 is 14.7 Å². The van der Waals surface area contributed by atoms with Crippen molar-refractivity contribution in [3.63, 3.8) is 0 Å². The first kappa shape index (κ1) is 15.8. The van der Waals surface area contributed by atoms with E-state index >= 15 is 0 Å². The van der Waals surface area contributed by atoms with Gasteiger partial charge >= 0.3 is 6.36 Å². The summed E-state index contributed by atoms with van der Waals surface area (Å²) in [6, 6.07) is 14.5. The molecule has 0 aliphatic rings. The summed E-state index contributed by atoms with van der Waals surface area (Å²) in [7, 11) is 0. The quantitative estimate of drug-likeness (QED) is 0.818. The van der Waals surface area contributed by atoms with E-state index in [9.17, 15) is 18.3 Å². The van der Waals surface area contributed by atoms with Crippen LogP contribution in [0.15, 0.2) is 67.1 Å². The van der Waals surface area contributed by atoms with Crippen molar-refractivity contribution >= 4 is 5.69 Å². The molecule has 22 heavy (non-hydrogen) atoms. The van der Waals surface area contributed by atoms with Crippen molar-refractivity contribution in [3.8, 4) is 5.75 Å². The van der Waals surface area contributed by atoms with Gasteiger partial charge in [0.15, 0.2) is 5.88 Å². The molecule has 0 aliphatic carbocycles. The topological polar surface area (TPSA) is 32.7 Å². The standard InChI is InChI=1S/C16H14F3NO2/c1-12(21)20(14-7-3-2-4-8-14)11-13-6-5-9-15(10-13)22-16(17,18)19/h2-10,21H,1,11H2. The maximum Gasteiger partial charge on any atom is 0.573 e. The molecule has 0 saturated carbocycles. The Kier molecular flexibility index (Phi) is 4.60. The molecule has 0 unspecified atom stereocenters. The molecule has 2 aromatic carbocycles. The minimum Gasteiger partial charge on any atom is -0.495 e. The minimum absolute atomic E-state index is 0.161. The van der Waals surface area contributed by atoms with E-state index in [1.807, 2.05) is 6.07 Å². The fourth-order valence-corrected chi connectivity index (χ4v) is 1.96. The number of hydrogen-bond donors (Lipinski definition) is 1. The number of para-hydroxylation sites is 1. The number of anilines is 1. The van der Waals surface area contributed by atoms with E-state index < -0.39 is 6.36 Å². The average molecular weight is 309 g/mol. The summed E-state index contributed by atoms with van der Waals surface area (Å²) in [6.07, 6.45) is -4.74. The molecule has 0 atom stereocenters. The van der Waals surface area contributed by atoms with Gasteiger partial charge in [-0.05, 0) is 36.4 Å². The lowest BCUT2D eigenvalue weighted by Gasteiger charge is -2.23. The molecule has 0 heterocycles. The fraction of sp³-hybridized carbons (Fsp3) is 0.125. The van der Waals surface area contributed by atoms with Crippen molar-refractivity contribution in [2.24, 2.45) is 0 Å². The fourth-order valence-electron chi connectivity index (χ4n) is 1.96. The highest BCUT2D eigenvalue weighted by Crippen LogP contribution is 2.25. The lowest BCUT2D eigenvalue weighted by atomic mass is 10.2. The van der Waals surface area contributed by atoms with Gasteiger partial charge in [0.1, 0.15) is 5.75 Å². The molecular formula is C16H14F3NO2. The lowest BCUT2D eigenvalue weighted by Crippen LogP contribution is -2.21. The van der Waals surface area contributed by atoms with Crippen LogP contribution >= 0.6 is 0 Å². The number of rotatable bonds is 5. The first-order valence-electron chi connectivity index (χ1n) is 6.40. The van der Waals surface area contributed by atoms with Crippen LogP contribution in [0.2, 0.25) is 0 Å². The number of alkyl halides is 3. The van der Waals surface area contributed by atoms with Crippen molar-refractivity contribution in [3.05, 3.63) is 72.6 Å². The highest BCUT2D eigenvalue weighted by Gasteiger charge is 2.31. The second-order valence-electron chi connectivity index (χ2n) is 4.53. The predicted octanol–water partition coefficient (Wildman–Crippen LogP) is 4.62. The molecule has 2 aromatic rings. The number of benzene rings is 2. The van der Waals surface area contributed by atoms with Gasteiger partial charge in [0.05, 0.1) is 6.54 Å². The molecule has 1 N–H and O–H groups in total. The van der Waals surface area contributed by atoms with E-state index in [-0.39, 0.29) is 18.2 Å². The van der Waals surface area contributed by atoms with Crippen LogP contribution in [0, 0.1) is 0 Å². The van der Waals surface area contributed by atoms with Crippen molar-refractivity contribution in [1.29, 1.82) is 0 Å². The van der Waals surface area contributed by atoms with Gasteiger partial charge in [-0.3, -0.25) is 0 Å². The Bertz CT molecular complexity index is 641. The zero-order valence-electron chi connectivity index (χ0n) is 11.5. The Morgan fingerprint density at radius 2 is 1.77 bits per heavy atom. The molecule has 3 nitrogen and oxygen atoms in total. The van der Waals surface area contributed by atoms with Crippen molar-refractivity contribution in [1.82, 2.24) is 0 Å². The van der Waals surface area contributed by atoms with Crippen LogP contribution in [-0.2, 0) is 6.54 Å². The summed E-state index contributed by atoms with van der Waals surface area (Å²) in [5.41, 5.74) is 1.22.